The van der Waals surface area contributed by atoms with Crippen molar-refractivity contribution < 1.29 is 9.90 Å². The molecule has 0 aliphatic heterocycles. The van der Waals surface area contributed by atoms with Gasteiger partial charge in [-0.25, -0.2) is 19.7 Å². The van der Waals surface area contributed by atoms with Crippen molar-refractivity contribution in [3.05, 3.63) is 41.6 Å². The van der Waals surface area contributed by atoms with Crippen LogP contribution in [0.2, 0.25) is 5.02 Å². The highest BCUT2D eigenvalue weighted by atomic mass is 35.5. The average molecular weight is 446 g/mol. The van der Waals surface area contributed by atoms with Crippen molar-refractivity contribution in [3.8, 4) is 21.8 Å². The number of carboxylic acid groups (broad SMARTS) is 1. The van der Waals surface area contributed by atoms with Gasteiger partial charge in [-0.3, -0.25) is 0 Å². The quantitative estimate of drug-likeness (QED) is 0.434. The molecule has 1 atom stereocenters. The summed E-state index contributed by atoms with van der Waals surface area (Å²) in [7, 11) is 0. The molecule has 9 heteroatoms. The number of nitrogens with zero attached hydrogens (tertiary/aromatic N) is 3. The second-order valence-corrected chi connectivity index (χ2v) is 8.91. The van der Waals surface area contributed by atoms with Gasteiger partial charge in [0, 0.05) is 22.8 Å². The van der Waals surface area contributed by atoms with E-state index in [1.54, 1.807) is 12.3 Å². The number of hydrogen-bond acceptors (Lipinski definition) is 7. The summed E-state index contributed by atoms with van der Waals surface area (Å²) in [6.45, 7) is 7.75. The molecular formula is C21H24ClN5O2S. The Balaban J connectivity index is 2.07. The zero-order valence-electron chi connectivity index (χ0n) is 17.2. The maximum atomic E-state index is 11.7. The van der Waals surface area contributed by atoms with Gasteiger partial charge in [-0.1, -0.05) is 55.0 Å². The van der Waals surface area contributed by atoms with Crippen molar-refractivity contribution in [2.24, 2.45) is 5.92 Å². The number of aliphatic carboxylic acids is 1. The molecule has 1 aromatic carbocycles. The minimum atomic E-state index is -0.959. The molecule has 0 spiro atoms. The number of anilines is 2. The van der Waals surface area contributed by atoms with E-state index in [9.17, 15) is 9.90 Å². The molecule has 158 valence electrons. The summed E-state index contributed by atoms with van der Waals surface area (Å²) < 4.78 is 0. The highest BCUT2D eigenvalue weighted by Crippen LogP contribution is 2.33. The van der Waals surface area contributed by atoms with Crippen molar-refractivity contribution in [1.29, 1.82) is 0 Å². The number of hydrogen-bond donors (Lipinski definition) is 3. The van der Waals surface area contributed by atoms with Crippen LogP contribution in [0.25, 0.3) is 21.8 Å². The van der Waals surface area contributed by atoms with Gasteiger partial charge in [0.15, 0.2) is 5.13 Å². The molecule has 0 saturated carbocycles. The number of carbonyl (C=O) groups is 1. The molecule has 0 aliphatic carbocycles. The normalized spacial score (nSPS) is 12.2. The smallest absolute Gasteiger partial charge is 0.326 e. The van der Waals surface area contributed by atoms with E-state index in [1.165, 1.54) is 11.3 Å². The van der Waals surface area contributed by atoms with Crippen LogP contribution in [0.15, 0.2) is 36.5 Å². The highest BCUT2D eigenvalue weighted by molar-refractivity contribution is 7.18. The Kier molecular flexibility index (Phi) is 6.89. The number of carboxylic acids is 1. The first-order valence-corrected chi connectivity index (χ1v) is 10.8. The summed E-state index contributed by atoms with van der Waals surface area (Å²) in [5.74, 6) is -0.876. The van der Waals surface area contributed by atoms with Crippen LogP contribution < -0.4 is 10.6 Å². The number of thiazole rings is 1. The molecule has 0 radical (unpaired) electrons. The number of aromatic nitrogens is 3. The molecule has 1 unspecified atom stereocenters. The van der Waals surface area contributed by atoms with Gasteiger partial charge in [-0.2, -0.15) is 0 Å². The number of rotatable bonds is 8. The summed E-state index contributed by atoms with van der Waals surface area (Å²) >= 11 is 7.86. The Morgan fingerprint density at radius 2 is 1.80 bits per heavy atom. The highest BCUT2D eigenvalue weighted by Gasteiger charge is 2.23. The predicted molar refractivity (Wildman–Crippen MR) is 122 cm³/mol. The van der Waals surface area contributed by atoms with Crippen molar-refractivity contribution in [2.45, 2.75) is 39.8 Å². The average Bonchev–Trinajstić information content (AvgIpc) is 3.13. The zero-order chi connectivity index (χ0) is 21.8. The Morgan fingerprint density at radius 3 is 2.43 bits per heavy atom. The second kappa shape index (κ2) is 9.40. The van der Waals surface area contributed by atoms with Gasteiger partial charge in [0.05, 0.1) is 16.3 Å². The molecule has 3 N–H and O–H groups in total. The molecule has 3 aromatic rings. The standard InChI is InChI=1S/C21H24ClN5O2S/c1-11(2)18(19(28)29)27-20-25-15(13-7-5-6-8-14(13)22)9-16(26-20)17-10-23-21(30-17)24-12(3)4/h5-12,18H,1-4H3,(H,23,24)(H,28,29)(H,25,26,27). The third-order valence-corrected chi connectivity index (χ3v) is 5.54. The summed E-state index contributed by atoms with van der Waals surface area (Å²) in [5.41, 5.74) is 1.99. The van der Waals surface area contributed by atoms with Gasteiger partial charge >= 0.3 is 5.97 Å². The monoisotopic (exact) mass is 445 g/mol. The van der Waals surface area contributed by atoms with Crippen LogP contribution in [0, 0.1) is 5.92 Å². The van der Waals surface area contributed by atoms with E-state index in [4.69, 9.17) is 11.6 Å². The summed E-state index contributed by atoms with van der Waals surface area (Å²) in [6, 6.07) is 8.66. The molecule has 2 aromatic heterocycles. The molecule has 0 amide bonds. The summed E-state index contributed by atoms with van der Waals surface area (Å²) in [6.07, 6.45) is 1.75. The number of benzene rings is 1. The van der Waals surface area contributed by atoms with Crippen LogP contribution in [0.3, 0.4) is 0 Å². The molecule has 0 bridgehead atoms. The van der Waals surface area contributed by atoms with Gasteiger partial charge in [0.1, 0.15) is 6.04 Å². The van der Waals surface area contributed by atoms with E-state index >= 15 is 0 Å². The second-order valence-electron chi connectivity index (χ2n) is 7.47. The van der Waals surface area contributed by atoms with Crippen LogP contribution >= 0.6 is 22.9 Å². The van der Waals surface area contributed by atoms with Crippen LogP contribution in [-0.2, 0) is 4.79 Å². The van der Waals surface area contributed by atoms with Gasteiger partial charge in [0.2, 0.25) is 5.95 Å². The maximum absolute atomic E-state index is 11.7. The van der Waals surface area contributed by atoms with E-state index in [2.05, 4.69) is 25.6 Å². The SMILES string of the molecule is CC(C)Nc1ncc(-c2cc(-c3ccccc3Cl)nc(NC(C(=O)O)C(C)C)n2)s1. The minimum absolute atomic E-state index is 0.149. The lowest BCUT2D eigenvalue weighted by Gasteiger charge is -2.18. The fourth-order valence-corrected chi connectivity index (χ4v) is 3.96. The first kappa shape index (κ1) is 22.0. The van der Waals surface area contributed by atoms with Crippen LogP contribution in [0.5, 0.6) is 0 Å². The Morgan fingerprint density at radius 1 is 1.10 bits per heavy atom. The molecule has 2 heterocycles. The van der Waals surface area contributed by atoms with Crippen LogP contribution in [0.4, 0.5) is 11.1 Å². The van der Waals surface area contributed by atoms with E-state index in [1.807, 2.05) is 52.0 Å². The van der Waals surface area contributed by atoms with E-state index in [-0.39, 0.29) is 17.9 Å². The first-order chi connectivity index (χ1) is 14.2. The topological polar surface area (TPSA) is 100 Å². The summed E-state index contributed by atoms with van der Waals surface area (Å²) in [5, 5.41) is 17.1. The fraction of sp³-hybridized carbons (Fsp3) is 0.333. The minimum Gasteiger partial charge on any atom is -0.480 e. The van der Waals surface area contributed by atoms with E-state index in [0.717, 1.165) is 15.6 Å². The van der Waals surface area contributed by atoms with Gasteiger partial charge in [-0.05, 0) is 31.9 Å². The van der Waals surface area contributed by atoms with E-state index < -0.39 is 12.0 Å². The summed E-state index contributed by atoms with van der Waals surface area (Å²) in [4.78, 5) is 26.0. The Bertz CT molecular complexity index is 1040. The van der Waals surface area contributed by atoms with Gasteiger partial charge in [0.25, 0.3) is 0 Å². The lowest BCUT2D eigenvalue weighted by molar-refractivity contribution is -0.138. The van der Waals surface area contributed by atoms with Crippen molar-refractivity contribution in [3.63, 3.8) is 0 Å². The largest absolute Gasteiger partial charge is 0.480 e. The van der Waals surface area contributed by atoms with Gasteiger partial charge < -0.3 is 15.7 Å². The zero-order valence-corrected chi connectivity index (χ0v) is 18.8. The number of halogens is 1. The molecule has 7 nitrogen and oxygen atoms in total. The molecule has 3 rings (SSSR count). The lowest BCUT2D eigenvalue weighted by atomic mass is 10.1. The molecule has 0 fully saturated rings. The Hall–Kier alpha value is -2.71. The maximum Gasteiger partial charge on any atom is 0.326 e. The fourth-order valence-electron chi connectivity index (χ4n) is 2.80. The Labute approximate surface area is 184 Å². The molecule has 0 saturated heterocycles. The van der Waals surface area contributed by atoms with Gasteiger partial charge in [-0.15, -0.1) is 0 Å². The number of nitrogens with one attached hydrogen (secondary N) is 2. The lowest BCUT2D eigenvalue weighted by Crippen LogP contribution is -2.35. The molecular weight excluding hydrogens is 422 g/mol. The van der Waals surface area contributed by atoms with E-state index in [0.29, 0.717) is 16.4 Å². The third kappa shape index (κ3) is 5.25. The van der Waals surface area contributed by atoms with Crippen LogP contribution in [-0.4, -0.2) is 38.1 Å². The predicted octanol–water partition coefficient (Wildman–Crippen LogP) is 5.26. The third-order valence-electron chi connectivity index (χ3n) is 4.26. The van der Waals surface area contributed by atoms with Crippen molar-refractivity contribution in [1.82, 2.24) is 15.0 Å². The first-order valence-electron chi connectivity index (χ1n) is 9.60. The van der Waals surface area contributed by atoms with Crippen molar-refractivity contribution in [2.75, 3.05) is 10.6 Å². The van der Waals surface area contributed by atoms with Crippen molar-refractivity contribution >= 4 is 40.0 Å². The molecule has 30 heavy (non-hydrogen) atoms. The van der Waals surface area contributed by atoms with Crippen LogP contribution in [0.1, 0.15) is 27.7 Å². The molecule has 0 aliphatic rings.